The van der Waals surface area contributed by atoms with Crippen LogP contribution in [0, 0.1) is 0 Å². The Hall–Kier alpha value is -1.80. The molecule has 0 fully saturated rings. The maximum atomic E-state index is 12.1. The molecular formula is C13H16F3NO4. The minimum Gasteiger partial charge on any atom is -0.468 e. The molecule has 1 atom stereocenters. The molecule has 1 rings (SSSR count). The van der Waals surface area contributed by atoms with Gasteiger partial charge in [-0.1, -0.05) is 12.1 Å². The second-order valence-corrected chi connectivity index (χ2v) is 4.02. The molecule has 0 heterocycles. The van der Waals surface area contributed by atoms with Crippen LogP contribution in [-0.2, 0) is 14.3 Å². The first-order valence-corrected chi connectivity index (χ1v) is 6.03. The van der Waals surface area contributed by atoms with Crippen LogP contribution in [0.1, 0.15) is 11.6 Å². The van der Waals surface area contributed by atoms with E-state index in [4.69, 9.17) is 4.74 Å². The standard InChI is InChI=1S/C13H16F3NO4/c1-19-8-7-17-11(12(18)20-2)9-3-5-10(6-4-9)21-13(14,15)16/h3-6,11,17H,7-8H2,1-2H3. The fourth-order valence-corrected chi connectivity index (χ4v) is 1.62. The predicted octanol–water partition coefficient (Wildman–Crippen LogP) is 2.04. The number of methoxy groups -OCH3 is 2. The van der Waals surface area contributed by atoms with Crippen molar-refractivity contribution < 1.29 is 32.2 Å². The Morgan fingerprint density at radius 2 is 1.86 bits per heavy atom. The van der Waals surface area contributed by atoms with Crippen LogP contribution in [0.25, 0.3) is 0 Å². The molecule has 21 heavy (non-hydrogen) atoms. The molecule has 118 valence electrons. The lowest BCUT2D eigenvalue weighted by molar-refractivity contribution is -0.274. The molecule has 1 aromatic carbocycles. The van der Waals surface area contributed by atoms with Gasteiger partial charge in [-0.25, -0.2) is 4.79 Å². The van der Waals surface area contributed by atoms with Crippen molar-refractivity contribution in [2.45, 2.75) is 12.4 Å². The molecule has 1 aromatic rings. The summed E-state index contributed by atoms with van der Waals surface area (Å²) in [5, 5.41) is 2.89. The van der Waals surface area contributed by atoms with Gasteiger partial charge in [0.2, 0.25) is 0 Å². The number of carbonyl (C=O) groups excluding carboxylic acids is 1. The minimum atomic E-state index is -4.75. The van der Waals surface area contributed by atoms with Gasteiger partial charge in [0, 0.05) is 13.7 Å². The number of hydrogen-bond donors (Lipinski definition) is 1. The highest BCUT2D eigenvalue weighted by molar-refractivity contribution is 5.77. The first-order chi connectivity index (χ1) is 9.87. The van der Waals surface area contributed by atoms with Gasteiger partial charge in [0.15, 0.2) is 0 Å². The zero-order chi connectivity index (χ0) is 15.9. The average molecular weight is 307 g/mol. The molecule has 0 aliphatic rings. The second-order valence-electron chi connectivity index (χ2n) is 4.02. The third-order valence-electron chi connectivity index (χ3n) is 2.54. The zero-order valence-electron chi connectivity index (χ0n) is 11.6. The molecule has 1 unspecified atom stereocenters. The molecular weight excluding hydrogens is 291 g/mol. The second kappa shape index (κ2) is 7.84. The number of hydrogen-bond acceptors (Lipinski definition) is 5. The number of ether oxygens (including phenoxy) is 3. The van der Waals surface area contributed by atoms with Crippen molar-refractivity contribution in [1.29, 1.82) is 0 Å². The third kappa shape index (κ3) is 6.01. The number of alkyl halides is 3. The Bertz CT molecular complexity index is 448. The molecule has 0 aliphatic heterocycles. The summed E-state index contributed by atoms with van der Waals surface area (Å²) < 4.78 is 49.5. The van der Waals surface area contributed by atoms with E-state index in [9.17, 15) is 18.0 Å². The number of nitrogens with one attached hydrogen (secondary N) is 1. The molecule has 5 nitrogen and oxygen atoms in total. The summed E-state index contributed by atoms with van der Waals surface area (Å²) in [5.74, 6) is -0.901. The van der Waals surface area contributed by atoms with Crippen LogP contribution >= 0.6 is 0 Å². The van der Waals surface area contributed by atoms with Crippen LogP contribution in [0.5, 0.6) is 5.75 Å². The Kier molecular flexibility index (Phi) is 6.44. The van der Waals surface area contributed by atoms with E-state index in [1.54, 1.807) is 0 Å². The predicted molar refractivity (Wildman–Crippen MR) is 67.8 cm³/mol. The Balaban J connectivity index is 2.80. The first kappa shape index (κ1) is 17.3. The SMILES string of the molecule is COCCNC(C(=O)OC)c1ccc(OC(F)(F)F)cc1. The normalized spacial score (nSPS) is 12.8. The van der Waals surface area contributed by atoms with Crippen molar-refractivity contribution in [2.24, 2.45) is 0 Å². The van der Waals surface area contributed by atoms with Crippen molar-refractivity contribution in [2.75, 3.05) is 27.4 Å². The fraction of sp³-hybridized carbons (Fsp3) is 0.462. The van der Waals surface area contributed by atoms with E-state index in [0.29, 0.717) is 18.7 Å². The smallest absolute Gasteiger partial charge is 0.468 e. The quantitative estimate of drug-likeness (QED) is 0.617. The Morgan fingerprint density at radius 1 is 1.24 bits per heavy atom. The van der Waals surface area contributed by atoms with Crippen molar-refractivity contribution in [1.82, 2.24) is 5.32 Å². The number of esters is 1. The molecule has 0 aliphatic carbocycles. The van der Waals surface area contributed by atoms with Crippen LogP contribution in [0.3, 0.4) is 0 Å². The monoisotopic (exact) mass is 307 g/mol. The molecule has 8 heteroatoms. The Labute approximate surface area is 120 Å². The summed E-state index contributed by atoms with van der Waals surface area (Å²) in [6.07, 6.45) is -4.75. The van der Waals surface area contributed by atoms with E-state index >= 15 is 0 Å². The van der Waals surface area contributed by atoms with Gasteiger partial charge in [-0.05, 0) is 17.7 Å². The van der Waals surface area contributed by atoms with Crippen molar-refractivity contribution in [3.8, 4) is 5.75 Å². The van der Waals surface area contributed by atoms with E-state index in [-0.39, 0.29) is 5.75 Å². The molecule has 0 radical (unpaired) electrons. The summed E-state index contributed by atoms with van der Waals surface area (Å²) >= 11 is 0. The van der Waals surface area contributed by atoms with Gasteiger partial charge in [-0.3, -0.25) is 5.32 Å². The maximum absolute atomic E-state index is 12.1. The molecule has 0 amide bonds. The largest absolute Gasteiger partial charge is 0.573 e. The fourth-order valence-electron chi connectivity index (χ4n) is 1.62. The molecule has 0 saturated heterocycles. The number of halogens is 3. The zero-order valence-corrected chi connectivity index (χ0v) is 11.6. The molecule has 1 N–H and O–H groups in total. The van der Waals surface area contributed by atoms with Crippen molar-refractivity contribution in [3.63, 3.8) is 0 Å². The first-order valence-electron chi connectivity index (χ1n) is 6.03. The van der Waals surface area contributed by atoms with E-state index in [1.807, 2.05) is 0 Å². The van der Waals surface area contributed by atoms with Crippen molar-refractivity contribution >= 4 is 5.97 Å². The topological polar surface area (TPSA) is 56.8 Å². The van der Waals surface area contributed by atoms with E-state index in [1.165, 1.54) is 26.4 Å². The van der Waals surface area contributed by atoms with Gasteiger partial charge < -0.3 is 14.2 Å². The number of benzene rings is 1. The molecule has 0 spiro atoms. The summed E-state index contributed by atoms with van der Waals surface area (Å²) in [6, 6.07) is 4.21. The highest BCUT2D eigenvalue weighted by Gasteiger charge is 2.31. The lowest BCUT2D eigenvalue weighted by Gasteiger charge is -2.17. The highest BCUT2D eigenvalue weighted by atomic mass is 19.4. The third-order valence-corrected chi connectivity index (χ3v) is 2.54. The summed E-state index contributed by atoms with van der Waals surface area (Å²) in [7, 11) is 2.74. The van der Waals surface area contributed by atoms with Gasteiger partial charge in [-0.2, -0.15) is 0 Å². The van der Waals surface area contributed by atoms with Gasteiger partial charge in [0.25, 0.3) is 0 Å². The average Bonchev–Trinajstić information content (AvgIpc) is 2.42. The van der Waals surface area contributed by atoms with Crippen LogP contribution in [0.2, 0.25) is 0 Å². The van der Waals surface area contributed by atoms with E-state index in [2.05, 4.69) is 14.8 Å². The lowest BCUT2D eigenvalue weighted by atomic mass is 10.1. The van der Waals surface area contributed by atoms with Gasteiger partial charge in [-0.15, -0.1) is 13.2 Å². The van der Waals surface area contributed by atoms with E-state index in [0.717, 1.165) is 12.1 Å². The summed E-state index contributed by atoms with van der Waals surface area (Å²) in [4.78, 5) is 11.7. The van der Waals surface area contributed by atoms with Crippen LogP contribution in [0.4, 0.5) is 13.2 Å². The van der Waals surface area contributed by atoms with Crippen molar-refractivity contribution in [3.05, 3.63) is 29.8 Å². The van der Waals surface area contributed by atoms with Gasteiger partial charge in [0.05, 0.1) is 13.7 Å². The molecule has 0 aromatic heterocycles. The molecule has 0 saturated carbocycles. The Morgan fingerprint density at radius 3 is 2.33 bits per heavy atom. The van der Waals surface area contributed by atoms with Gasteiger partial charge >= 0.3 is 12.3 Å². The lowest BCUT2D eigenvalue weighted by Crippen LogP contribution is -2.32. The van der Waals surface area contributed by atoms with E-state index < -0.39 is 18.4 Å². The van der Waals surface area contributed by atoms with Gasteiger partial charge in [0.1, 0.15) is 11.8 Å². The minimum absolute atomic E-state index is 0.355. The summed E-state index contributed by atoms with van der Waals surface area (Å²) in [5.41, 5.74) is 0.465. The van der Waals surface area contributed by atoms with Crippen LogP contribution in [-0.4, -0.2) is 39.7 Å². The van der Waals surface area contributed by atoms with Crippen LogP contribution in [0.15, 0.2) is 24.3 Å². The number of rotatable bonds is 7. The highest BCUT2D eigenvalue weighted by Crippen LogP contribution is 2.24. The maximum Gasteiger partial charge on any atom is 0.573 e. The van der Waals surface area contributed by atoms with Crippen LogP contribution < -0.4 is 10.1 Å². The number of carbonyl (C=O) groups is 1. The summed E-state index contributed by atoms with van der Waals surface area (Å²) in [6.45, 7) is 0.764. The molecule has 0 bridgehead atoms.